The Hall–Kier alpha value is -0.810. The molecule has 1 atom stereocenters. The van der Waals surface area contributed by atoms with Crippen molar-refractivity contribution in [2.45, 2.75) is 52.2 Å². The number of likely N-dealkylation sites (N-methyl/N-ethyl adjacent to an activating group) is 1. The molecular weight excluding hydrogens is 232 g/mol. The summed E-state index contributed by atoms with van der Waals surface area (Å²) < 4.78 is 5.39. The van der Waals surface area contributed by atoms with Crippen LogP contribution in [0.2, 0.25) is 0 Å². The third-order valence-corrected chi connectivity index (χ3v) is 2.90. The molecule has 0 aliphatic carbocycles. The molecule has 1 fully saturated rings. The molecule has 0 N–H and O–H groups in total. The fourth-order valence-electron chi connectivity index (χ4n) is 2.05. The molecule has 1 rings (SSSR count). The summed E-state index contributed by atoms with van der Waals surface area (Å²) in [5, 5.41) is 1.86. The second-order valence-electron chi connectivity index (χ2n) is 5.69. The predicted octanol–water partition coefficient (Wildman–Crippen LogP) is 2.27. The molecule has 1 aliphatic rings. The normalized spacial score (nSPS) is 21.2. The molecule has 1 unspecified atom stereocenters. The monoisotopic (exact) mass is 258 g/mol. The molecule has 5 nitrogen and oxygen atoms in total. The molecule has 106 valence electrons. The van der Waals surface area contributed by atoms with E-state index in [1.165, 1.54) is 0 Å². The van der Waals surface area contributed by atoms with E-state index in [0.717, 1.165) is 19.4 Å². The van der Waals surface area contributed by atoms with Gasteiger partial charge in [-0.25, -0.2) is 4.79 Å². The summed E-state index contributed by atoms with van der Waals surface area (Å²) in [4.78, 5) is 19.2. The lowest BCUT2D eigenvalue weighted by atomic mass is 10.1. The van der Waals surface area contributed by atoms with Crippen LogP contribution in [-0.2, 0) is 9.57 Å². The first-order valence-electron chi connectivity index (χ1n) is 6.67. The number of nitrogens with zero attached hydrogens (tertiary/aromatic N) is 2. The van der Waals surface area contributed by atoms with Crippen LogP contribution in [0.15, 0.2) is 0 Å². The molecule has 0 bridgehead atoms. The molecule has 5 heteroatoms. The summed E-state index contributed by atoms with van der Waals surface area (Å²) in [7, 11) is 1.92. The maximum atomic E-state index is 12.0. The average Bonchev–Trinajstić information content (AvgIpc) is 2.27. The zero-order valence-corrected chi connectivity index (χ0v) is 12.2. The van der Waals surface area contributed by atoms with Crippen LogP contribution >= 0.6 is 0 Å². The number of carbonyl (C=O) groups excluding carboxylic acids is 1. The number of carbonyl (C=O) groups is 1. The molecule has 1 amide bonds. The molecule has 0 aromatic carbocycles. The highest BCUT2D eigenvalue weighted by atomic mass is 16.7. The van der Waals surface area contributed by atoms with Gasteiger partial charge >= 0.3 is 6.09 Å². The van der Waals surface area contributed by atoms with Crippen molar-refractivity contribution in [1.29, 1.82) is 0 Å². The van der Waals surface area contributed by atoms with Crippen molar-refractivity contribution in [1.82, 2.24) is 9.96 Å². The van der Waals surface area contributed by atoms with Gasteiger partial charge in [0.1, 0.15) is 5.60 Å². The average molecular weight is 258 g/mol. The minimum Gasteiger partial charge on any atom is -0.444 e. The van der Waals surface area contributed by atoms with Gasteiger partial charge in [-0.15, -0.1) is 0 Å². The molecule has 18 heavy (non-hydrogen) atoms. The number of piperidine rings is 1. The molecular formula is C13H26N2O3. The van der Waals surface area contributed by atoms with E-state index in [0.29, 0.717) is 13.2 Å². The lowest BCUT2D eigenvalue weighted by molar-refractivity contribution is -0.172. The molecule has 1 aliphatic heterocycles. The van der Waals surface area contributed by atoms with Crippen LogP contribution in [-0.4, -0.2) is 54.4 Å². The second-order valence-corrected chi connectivity index (χ2v) is 5.69. The molecule has 0 saturated carbocycles. The van der Waals surface area contributed by atoms with Gasteiger partial charge < -0.3 is 9.64 Å². The van der Waals surface area contributed by atoms with E-state index >= 15 is 0 Å². The SMILES string of the molecule is CCON(C)C1CCCN(C(=O)OC(C)(C)C)C1. The second kappa shape index (κ2) is 6.38. The van der Waals surface area contributed by atoms with E-state index in [1.807, 2.05) is 39.8 Å². The van der Waals surface area contributed by atoms with Crippen molar-refractivity contribution in [3.63, 3.8) is 0 Å². The zero-order valence-electron chi connectivity index (χ0n) is 12.2. The largest absolute Gasteiger partial charge is 0.444 e. The number of rotatable bonds is 3. The molecule has 1 heterocycles. The number of amides is 1. The highest BCUT2D eigenvalue weighted by Gasteiger charge is 2.29. The Morgan fingerprint density at radius 2 is 2.11 bits per heavy atom. The van der Waals surface area contributed by atoms with E-state index < -0.39 is 5.60 Å². The predicted molar refractivity (Wildman–Crippen MR) is 70.2 cm³/mol. The summed E-state index contributed by atoms with van der Waals surface area (Å²) in [6.07, 6.45) is 1.81. The van der Waals surface area contributed by atoms with Gasteiger partial charge in [-0.3, -0.25) is 4.84 Å². The summed E-state index contributed by atoms with van der Waals surface area (Å²) in [6.45, 7) is 9.72. The lowest BCUT2D eigenvalue weighted by Gasteiger charge is -2.37. The van der Waals surface area contributed by atoms with E-state index in [2.05, 4.69) is 0 Å². The maximum absolute atomic E-state index is 12.0. The summed E-state index contributed by atoms with van der Waals surface area (Å²) in [5.41, 5.74) is -0.435. The molecule has 0 aromatic rings. The van der Waals surface area contributed by atoms with E-state index in [-0.39, 0.29) is 12.1 Å². The van der Waals surface area contributed by atoms with Gasteiger partial charge in [-0.2, -0.15) is 5.06 Å². The van der Waals surface area contributed by atoms with Crippen LogP contribution in [0.1, 0.15) is 40.5 Å². The number of hydrogen-bond acceptors (Lipinski definition) is 4. The van der Waals surface area contributed by atoms with Gasteiger partial charge in [0.15, 0.2) is 0 Å². The summed E-state index contributed by atoms with van der Waals surface area (Å²) >= 11 is 0. The van der Waals surface area contributed by atoms with Crippen molar-refractivity contribution >= 4 is 6.09 Å². The van der Waals surface area contributed by atoms with Crippen LogP contribution < -0.4 is 0 Å². The Bertz CT molecular complexity index is 276. The molecule has 0 aromatic heterocycles. The van der Waals surface area contributed by atoms with Crippen LogP contribution in [0, 0.1) is 0 Å². The first kappa shape index (κ1) is 15.2. The Morgan fingerprint density at radius 1 is 1.44 bits per heavy atom. The van der Waals surface area contributed by atoms with Gasteiger partial charge in [0, 0.05) is 20.1 Å². The van der Waals surface area contributed by atoms with Crippen LogP contribution in [0.25, 0.3) is 0 Å². The van der Waals surface area contributed by atoms with Crippen molar-refractivity contribution in [3.05, 3.63) is 0 Å². The van der Waals surface area contributed by atoms with E-state index in [9.17, 15) is 4.79 Å². The van der Waals surface area contributed by atoms with Crippen molar-refractivity contribution in [3.8, 4) is 0 Å². The smallest absolute Gasteiger partial charge is 0.410 e. The fourth-order valence-corrected chi connectivity index (χ4v) is 2.05. The Balaban J connectivity index is 2.50. The molecule has 0 radical (unpaired) electrons. The van der Waals surface area contributed by atoms with E-state index in [1.54, 1.807) is 4.90 Å². The number of hydrogen-bond donors (Lipinski definition) is 0. The third-order valence-electron chi connectivity index (χ3n) is 2.90. The fraction of sp³-hybridized carbons (Fsp3) is 0.923. The van der Waals surface area contributed by atoms with Gasteiger partial charge in [0.2, 0.25) is 0 Å². The van der Waals surface area contributed by atoms with E-state index in [4.69, 9.17) is 9.57 Å². The number of ether oxygens (including phenoxy) is 1. The van der Waals surface area contributed by atoms with Crippen LogP contribution in [0.3, 0.4) is 0 Å². The topological polar surface area (TPSA) is 42.0 Å². The van der Waals surface area contributed by atoms with Gasteiger partial charge in [0.05, 0.1) is 12.6 Å². The van der Waals surface area contributed by atoms with Crippen molar-refractivity contribution in [2.24, 2.45) is 0 Å². The first-order chi connectivity index (χ1) is 8.33. The zero-order chi connectivity index (χ0) is 13.8. The van der Waals surface area contributed by atoms with Gasteiger partial charge in [-0.1, -0.05) is 0 Å². The minimum atomic E-state index is -0.435. The van der Waals surface area contributed by atoms with Gasteiger partial charge in [-0.05, 0) is 40.5 Å². The molecule has 1 saturated heterocycles. The maximum Gasteiger partial charge on any atom is 0.410 e. The summed E-state index contributed by atoms with van der Waals surface area (Å²) in [6, 6.07) is 0.256. The Kier molecular flexibility index (Phi) is 5.41. The van der Waals surface area contributed by atoms with Crippen molar-refractivity contribution < 1.29 is 14.4 Å². The highest BCUT2D eigenvalue weighted by Crippen LogP contribution is 2.18. The highest BCUT2D eigenvalue weighted by molar-refractivity contribution is 5.68. The van der Waals surface area contributed by atoms with Crippen LogP contribution in [0.5, 0.6) is 0 Å². The summed E-state index contributed by atoms with van der Waals surface area (Å²) in [5.74, 6) is 0. The lowest BCUT2D eigenvalue weighted by Crippen LogP contribution is -2.49. The Morgan fingerprint density at radius 3 is 2.67 bits per heavy atom. The number of likely N-dealkylation sites (tertiary alicyclic amines) is 1. The number of hydroxylamine groups is 2. The quantitative estimate of drug-likeness (QED) is 0.728. The Labute approximate surface area is 110 Å². The third kappa shape index (κ3) is 4.82. The van der Waals surface area contributed by atoms with Gasteiger partial charge in [0.25, 0.3) is 0 Å². The standard InChI is InChI=1S/C13H26N2O3/c1-6-17-14(5)11-8-7-9-15(10-11)12(16)18-13(2,3)4/h11H,6-10H2,1-5H3. The van der Waals surface area contributed by atoms with Crippen molar-refractivity contribution in [2.75, 3.05) is 26.7 Å². The first-order valence-corrected chi connectivity index (χ1v) is 6.67. The van der Waals surface area contributed by atoms with Crippen LogP contribution in [0.4, 0.5) is 4.79 Å². The molecule has 0 spiro atoms. The minimum absolute atomic E-state index is 0.225.